The molecular formula is C10H11F3N2O2. The summed E-state index contributed by atoms with van der Waals surface area (Å²) >= 11 is 0. The van der Waals surface area contributed by atoms with Crippen LogP contribution in [0, 0.1) is 0 Å². The van der Waals surface area contributed by atoms with Crippen LogP contribution in [-0.2, 0) is 4.79 Å². The van der Waals surface area contributed by atoms with Crippen LogP contribution < -0.4 is 15.8 Å². The van der Waals surface area contributed by atoms with Crippen molar-refractivity contribution in [3.63, 3.8) is 0 Å². The maximum atomic E-state index is 12.0. The van der Waals surface area contributed by atoms with Crippen molar-refractivity contribution in [2.24, 2.45) is 0 Å². The normalized spacial score (nSPS) is 11.1. The number of anilines is 2. The minimum atomic E-state index is -4.54. The third kappa shape index (κ3) is 4.21. The number of hydrogen-bond donors (Lipinski definition) is 2. The van der Waals surface area contributed by atoms with Crippen molar-refractivity contribution in [1.82, 2.24) is 0 Å². The molecule has 0 saturated heterocycles. The number of rotatable bonds is 3. The molecule has 17 heavy (non-hydrogen) atoms. The predicted molar refractivity (Wildman–Crippen MR) is 56.7 cm³/mol. The highest BCUT2D eigenvalue weighted by atomic mass is 19.4. The zero-order valence-electron chi connectivity index (χ0n) is 8.97. The maximum Gasteiger partial charge on any atom is 0.397 e. The molecule has 1 amide bonds. The second-order valence-corrected chi connectivity index (χ2v) is 3.30. The van der Waals surface area contributed by atoms with Crippen LogP contribution in [0.2, 0.25) is 0 Å². The molecular weight excluding hydrogens is 237 g/mol. The summed E-state index contributed by atoms with van der Waals surface area (Å²) in [5.74, 6) is -0.920. The molecule has 0 aliphatic heterocycles. The lowest BCUT2D eigenvalue weighted by Crippen LogP contribution is -2.21. The molecule has 4 nitrogen and oxygen atoms in total. The monoisotopic (exact) mass is 248 g/mol. The van der Waals surface area contributed by atoms with Crippen LogP contribution in [0.1, 0.15) is 6.42 Å². The maximum absolute atomic E-state index is 12.0. The number of methoxy groups -OCH3 is 1. The fourth-order valence-electron chi connectivity index (χ4n) is 1.20. The number of benzene rings is 1. The van der Waals surface area contributed by atoms with Gasteiger partial charge in [0.15, 0.2) is 0 Å². The first-order chi connectivity index (χ1) is 7.81. The van der Waals surface area contributed by atoms with Gasteiger partial charge in [-0.15, -0.1) is 0 Å². The Kier molecular flexibility index (Phi) is 3.82. The smallest absolute Gasteiger partial charge is 0.397 e. The molecule has 94 valence electrons. The van der Waals surface area contributed by atoms with Gasteiger partial charge in [0, 0.05) is 5.69 Å². The Morgan fingerprint density at radius 2 is 2.12 bits per heavy atom. The van der Waals surface area contributed by atoms with Crippen LogP contribution in [0.3, 0.4) is 0 Å². The summed E-state index contributed by atoms with van der Waals surface area (Å²) in [6, 6.07) is 4.30. The Hall–Kier alpha value is -1.92. The molecule has 0 bridgehead atoms. The van der Waals surface area contributed by atoms with Gasteiger partial charge in [-0.25, -0.2) is 0 Å². The van der Waals surface area contributed by atoms with Crippen molar-refractivity contribution in [3.05, 3.63) is 18.2 Å². The standard InChI is InChI=1S/C10H11F3N2O2/c1-17-8-3-2-6(14)4-7(8)15-9(16)5-10(11,12)13/h2-4H,5,14H2,1H3,(H,15,16). The molecule has 1 aromatic carbocycles. The summed E-state index contributed by atoms with van der Waals surface area (Å²) < 4.78 is 40.7. The van der Waals surface area contributed by atoms with Crippen molar-refractivity contribution in [2.45, 2.75) is 12.6 Å². The second kappa shape index (κ2) is 4.94. The SMILES string of the molecule is COc1ccc(N)cc1NC(=O)CC(F)(F)F. The lowest BCUT2D eigenvalue weighted by Gasteiger charge is -2.11. The van der Waals surface area contributed by atoms with Crippen molar-refractivity contribution in [3.8, 4) is 5.75 Å². The van der Waals surface area contributed by atoms with Crippen molar-refractivity contribution >= 4 is 17.3 Å². The average molecular weight is 248 g/mol. The highest BCUT2D eigenvalue weighted by molar-refractivity contribution is 5.93. The van der Waals surface area contributed by atoms with E-state index in [9.17, 15) is 18.0 Å². The van der Waals surface area contributed by atoms with Crippen molar-refractivity contribution in [2.75, 3.05) is 18.2 Å². The topological polar surface area (TPSA) is 64.3 Å². The van der Waals surface area contributed by atoms with Crippen LogP contribution in [-0.4, -0.2) is 19.2 Å². The van der Waals surface area contributed by atoms with E-state index in [4.69, 9.17) is 10.5 Å². The molecule has 0 saturated carbocycles. The van der Waals surface area contributed by atoms with Crippen LogP contribution >= 0.6 is 0 Å². The first-order valence-electron chi connectivity index (χ1n) is 4.62. The molecule has 1 rings (SSSR count). The molecule has 0 radical (unpaired) electrons. The number of nitrogen functional groups attached to an aromatic ring is 1. The Bertz CT molecular complexity index is 419. The van der Waals surface area contributed by atoms with Crippen LogP contribution in [0.4, 0.5) is 24.5 Å². The zero-order valence-corrected chi connectivity index (χ0v) is 8.97. The summed E-state index contributed by atoms with van der Waals surface area (Å²) in [4.78, 5) is 11.1. The molecule has 7 heteroatoms. The third-order valence-electron chi connectivity index (χ3n) is 1.86. The summed E-state index contributed by atoms with van der Waals surface area (Å²) in [6.45, 7) is 0. The number of amides is 1. The number of carbonyl (C=O) groups excluding carboxylic acids is 1. The molecule has 0 aromatic heterocycles. The molecule has 0 atom stereocenters. The van der Waals surface area contributed by atoms with Gasteiger partial charge in [-0.3, -0.25) is 4.79 Å². The molecule has 1 aromatic rings. The van der Waals surface area contributed by atoms with E-state index in [2.05, 4.69) is 5.32 Å². The lowest BCUT2D eigenvalue weighted by atomic mass is 10.2. The Morgan fingerprint density at radius 1 is 1.47 bits per heavy atom. The van der Waals surface area contributed by atoms with Gasteiger partial charge in [-0.05, 0) is 18.2 Å². The Labute approximate surface area is 95.6 Å². The van der Waals surface area contributed by atoms with Crippen LogP contribution in [0.5, 0.6) is 5.75 Å². The van der Waals surface area contributed by atoms with Crippen LogP contribution in [0.15, 0.2) is 18.2 Å². The minimum absolute atomic E-state index is 0.113. The van der Waals surface area contributed by atoms with Gasteiger partial charge < -0.3 is 15.8 Å². The third-order valence-corrected chi connectivity index (χ3v) is 1.86. The Morgan fingerprint density at radius 3 is 2.65 bits per heavy atom. The number of nitrogens with two attached hydrogens (primary N) is 1. The minimum Gasteiger partial charge on any atom is -0.495 e. The number of alkyl halides is 3. The molecule has 0 unspecified atom stereocenters. The largest absolute Gasteiger partial charge is 0.495 e. The highest BCUT2D eigenvalue weighted by Crippen LogP contribution is 2.27. The number of carbonyl (C=O) groups is 1. The number of halogens is 3. The van der Waals surface area contributed by atoms with E-state index in [0.717, 1.165) is 0 Å². The molecule has 0 fully saturated rings. The summed E-state index contributed by atoms with van der Waals surface area (Å²) in [7, 11) is 1.34. The van der Waals surface area contributed by atoms with E-state index >= 15 is 0 Å². The van der Waals surface area contributed by atoms with E-state index < -0.39 is 18.5 Å². The van der Waals surface area contributed by atoms with Gasteiger partial charge in [0.2, 0.25) is 5.91 Å². The number of ether oxygens (including phenoxy) is 1. The predicted octanol–water partition coefficient (Wildman–Crippen LogP) is 2.17. The second-order valence-electron chi connectivity index (χ2n) is 3.30. The van der Waals surface area contributed by atoms with Gasteiger partial charge >= 0.3 is 6.18 Å². The van der Waals surface area contributed by atoms with E-state index in [0.29, 0.717) is 5.69 Å². The molecule has 0 heterocycles. The van der Waals surface area contributed by atoms with E-state index in [1.165, 1.54) is 25.3 Å². The van der Waals surface area contributed by atoms with Crippen LogP contribution in [0.25, 0.3) is 0 Å². The highest BCUT2D eigenvalue weighted by Gasteiger charge is 2.31. The van der Waals surface area contributed by atoms with Gasteiger partial charge in [0.05, 0.1) is 12.8 Å². The summed E-state index contributed by atoms with van der Waals surface area (Å²) in [6.07, 6.45) is -6.09. The Balaban J connectivity index is 2.80. The lowest BCUT2D eigenvalue weighted by molar-refractivity contribution is -0.150. The summed E-state index contributed by atoms with van der Waals surface area (Å²) in [5.41, 5.74) is 5.88. The van der Waals surface area contributed by atoms with E-state index in [1.54, 1.807) is 0 Å². The fraction of sp³-hybridized carbons (Fsp3) is 0.300. The van der Waals surface area contributed by atoms with Gasteiger partial charge in [0.1, 0.15) is 12.2 Å². The van der Waals surface area contributed by atoms with Gasteiger partial charge in [0.25, 0.3) is 0 Å². The van der Waals surface area contributed by atoms with Crippen molar-refractivity contribution in [1.29, 1.82) is 0 Å². The first-order valence-corrected chi connectivity index (χ1v) is 4.62. The quantitative estimate of drug-likeness (QED) is 0.806. The first kappa shape index (κ1) is 13.1. The molecule has 0 spiro atoms. The number of nitrogens with one attached hydrogen (secondary N) is 1. The van der Waals surface area contributed by atoms with Crippen molar-refractivity contribution < 1.29 is 22.7 Å². The molecule has 0 aliphatic rings. The van der Waals surface area contributed by atoms with E-state index in [1.807, 2.05) is 0 Å². The van der Waals surface area contributed by atoms with Gasteiger partial charge in [-0.2, -0.15) is 13.2 Å². The molecule has 0 aliphatic carbocycles. The van der Waals surface area contributed by atoms with E-state index in [-0.39, 0.29) is 11.4 Å². The number of hydrogen-bond acceptors (Lipinski definition) is 3. The fourth-order valence-corrected chi connectivity index (χ4v) is 1.20. The molecule has 3 N–H and O–H groups in total. The zero-order chi connectivity index (χ0) is 13.1. The summed E-state index contributed by atoms with van der Waals surface area (Å²) in [5, 5.41) is 2.09. The average Bonchev–Trinajstić information content (AvgIpc) is 2.14. The van der Waals surface area contributed by atoms with Gasteiger partial charge in [-0.1, -0.05) is 0 Å².